The molecule has 2 rings (SSSR count). The third-order valence-electron chi connectivity index (χ3n) is 2.22. The molecule has 2 N–H and O–H groups in total. The Morgan fingerprint density at radius 3 is 2.58 bits per heavy atom. The molecule has 0 bridgehead atoms. The number of thiophene rings is 1. The molecule has 19 heavy (non-hydrogen) atoms. The van der Waals surface area contributed by atoms with Crippen LogP contribution in [0.3, 0.4) is 0 Å². The molecule has 0 saturated heterocycles. The van der Waals surface area contributed by atoms with Crippen molar-refractivity contribution in [2.24, 2.45) is 0 Å². The first-order valence-corrected chi connectivity index (χ1v) is 7.35. The second kappa shape index (κ2) is 4.98. The molecule has 0 fully saturated rings. The average Bonchev–Trinajstić information content (AvgIpc) is 2.85. The molecule has 0 saturated carbocycles. The lowest BCUT2D eigenvalue weighted by Crippen LogP contribution is -2.13. The Morgan fingerprint density at radius 1 is 1.32 bits per heavy atom. The average molecular weight is 301 g/mol. The lowest BCUT2D eigenvalue weighted by Gasteiger charge is -2.07. The van der Waals surface area contributed by atoms with Crippen LogP contribution in [0.1, 0.15) is 10.4 Å². The van der Waals surface area contributed by atoms with Crippen LogP contribution in [0.25, 0.3) is 0 Å². The Hall–Kier alpha value is -1.93. The number of anilines is 1. The van der Waals surface area contributed by atoms with E-state index in [1.807, 2.05) is 0 Å². The third-order valence-corrected chi connectivity index (χ3v) is 4.98. The van der Waals surface area contributed by atoms with Crippen molar-refractivity contribution >= 4 is 33.0 Å². The molecule has 0 amide bonds. The number of nitrogens with one attached hydrogen (secondary N) is 1. The molecule has 2 aromatic rings. The molecular formula is C11H8FNO4S2. The number of aromatic carboxylic acids is 1. The summed E-state index contributed by atoms with van der Waals surface area (Å²) in [7, 11) is -3.84. The van der Waals surface area contributed by atoms with Gasteiger partial charge in [-0.1, -0.05) is 6.07 Å². The molecule has 1 heterocycles. The first-order valence-electron chi connectivity index (χ1n) is 4.99. The Labute approximate surface area is 112 Å². The lowest BCUT2D eigenvalue weighted by atomic mass is 10.2. The minimum atomic E-state index is -3.84. The first kappa shape index (κ1) is 13.5. The largest absolute Gasteiger partial charge is 0.478 e. The summed E-state index contributed by atoms with van der Waals surface area (Å²) in [6.07, 6.45) is 0. The van der Waals surface area contributed by atoms with E-state index in [0.717, 1.165) is 29.5 Å². The number of hydrogen-bond donors (Lipinski definition) is 2. The highest BCUT2D eigenvalue weighted by Gasteiger charge is 2.18. The Balaban J connectivity index is 2.32. The standard InChI is InChI=1S/C11H8FNO4S2/c12-8-6-7(11(14)15)3-4-9(8)13-19(16,17)10-2-1-5-18-10/h1-6,13H,(H,14,15). The van der Waals surface area contributed by atoms with E-state index in [2.05, 4.69) is 4.72 Å². The molecule has 0 aliphatic carbocycles. The zero-order valence-electron chi connectivity index (χ0n) is 9.33. The number of carboxylic acids is 1. The van der Waals surface area contributed by atoms with Gasteiger partial charge in [0.2, 0.25) is 0 Å². The van der Waals surface area contributed by atoms with Gasteiger partial charge in [0.05, 0.1) is 11.3 Å². The van der Waals surface area contributed by atoms with Crippen molar-refractivity contribution in [1.29, 1.82) is 0 Å². The minimum Gasteiger partial charge on any atom is -0.478 e. The second-order valence-electron chi connectivity index (χ2n) is 3.54. The molecule has 0 radical (unpaired) electrons. The maximum atomic E-state index is 13.6. The van der Waals surface area contributed by atoms with Crippen LogP contribution in [0.2, 0.25) is 0 Å². The number of carbonyl (C=O) groups is 1. The lowest BCUT2D eigenvalue weighted by molar-refractivity contribution is 0.0696. The molecular weight excluding hydrogens is 293 g/mol. The van der Waals surface area contributed by atoms with E-state index in [1.165, 1.54) is 6.07 Å². The van der Waals surface area contributed by atoms with Crippen molar-refractivity contribution in [2.75, 3.05) is 4.72 Å². The van der Waals surface area contributed by atoms with Crippen LogP contribution >= 0.6 is 11.3 Å². The normalized spacial score (nSPS) is 11.2. The van der Waals surface area contributed by atoms with Crippen molar-refractivity contribution < 1.29 is 22.7 Å². The molecule has 0 unspecified atom stereocenters. The quantitative estimate of drug-likeness (QED) is 0.908. The summed E-state index contributed by atoms with van der Waals surface area (Å²) in [6, 6.07) is 5.90. The summed E-state index contributed by atoms with van der Waals surface area (Å²) < 4.78 is 39.4. The van der Waals surface area contributed by atoms with Gasteiger partial charge in [-0.25, -0.2) is 17.6 Å². The SMILES string of the molecule is O=C(O)c1ccc(NS(=O)(=O)c2cccs2)c(F)c1. The van der Waals surface area contributed by atoms with Gasteiger partial charge in [-0.15, -0.1) is 11.3 Å². The first-order chi connectivity index (χ1) is 8.90. The Kier molecular flexibility index (Phi) is 3.54. The van der Waals surface area contributed by atoms with Gasteiger partial charge >= 0.3 is 5.97 Å². The number of halogens is 1. The molecule has 0 aliphatic heterocycles. The van der Waals surface area contributed by atoms with E-state index in [1.54, 1.807) is 11.4 Å². The Morgan fingerprint density at radius 2 is 2.05 bits per heavy atom. The van der Waals surface area contributed by atoms with Crippen LogP contribution in [-0.2, 0) is 10.0 Å². The van der Waals surface area contributed by atoms with E-state index in [-0.39, 0.29) is 15.5 Å². The number of rotatable bonds is 4. The number of sulfonamides is 1. The van der Waals surface area contributed by atoms with Gasteiger partial charge in [0.25, 0.3) is 10.0 Å². The van der Waals surface area contributed by atoms with Gasteiger partial charge in [-0.3, -0.25) is 4.72 Å². The predicted molar refractivity (Wildman–Crippen MR) is 68.5 cm³/mol. The van der Waals surface area contributed by atoms with E-state index < -0.39 is 21.8 Å². The van der Waals surface area contributed by atoms with E-state index in [4.69, 9.17) is 5.11 Å². The summed E-state index contributed by atoms with van der Waals surface area (Å²) in [5.41, 5.74) is -0.546. The number of carboxylic acid groups (broad SMARTS) is 1. The smallest absolute Gasteiger partial charge is 0.335 e. The topological polar surface area (TPSA) is 83.5 Å². The van der Waals surface area contributed by atoms with E-state index in [9.17, 15) is 17.6 Å². The summed E-state index contributed by atoms with van der Waals surface area (Å²) in [4.78, 5) is 10.6. The van der Waals surface area contributed by atoms with Crippen LogP contribution in [0.4, 0.5) is 10.1 Å². The number of benzene rings is 1. The van der Waals surface area contributed by atoms with Crippen LogP contribution < -0.4 is 4.72 Å². The molecule has 0 spiro atoms. The van der Waals surface area contributed by atoms with Crippen LogP contribution in [-0.4, -0.2) is 19.5 Å². The maximum Gasteiger partial charge on any atom is 0.335 e. The second-order valence-corrected chi connectivity index (χ2v) is 6.39. The molecule has 0 aliphatic rings. The fourth-order valence-corrected chi connectivity index (χ4v) is 3.40. The van der Waals surface area contributed by atoms with Gasteiger partial charge in [0, 0.05) is 0 Å². The summed E-state index contributed by atoms with van der Waals surface area (Å²) in [5.74, 6) is -2.23. The van der Waals surface area contributed by atoms with Gasteiger partial charge < -0.3 is 5.11 Å². The fourth-order valence-electron chi connectivity index (χ4n) is 1.34. The zero-order valence-corrected chi connectivity index (χ0v) is 11.0. The highest BCUT2D eigenvalue weighted by molar-refractivity contribution is 7.94. The zero-order chi connectivity index (χ0) is 14.0. The van der Waals surface area contributed by atoms with Gasteiger partial charge in [-0.2, -0.15) is 0 Å². The third kappa shape index (κ3) is 2.91. The highest BCUT2D eigenvalue weighted by atomic mass is 32.2. The van der Waals surface area contributed by atoms with Crippen molar-refractivity contribution in [2.45, 2.75) is 4.21 Å². The molecule has 100 valence electrons. The molecule has 5 nitrogen and oxygen atoms in total. The summed E-state index contributed by atoms with van der Waals surface area (Å²) in [6.45, 7) is 0. The molecule has 1 aromatic heterocycles. The van der Waals surface area contributed by atoms with Crippen molar-refractivity contribution in [3.63, 3.8) is 0 Å². The summed E-state index contributed by atoms with van der Waals surface area (Å²) in [5, 5.41) is 10.3. The van der Waals surface area contributed by atoms with Crippen LogP contribution in [0, 0.1) is 5.82 Å². The highest BCUT2D eigenvalue weighted by Crippen LogP contribution is 2.22. The van der Waals surface area contributed by atoms with E-state index >= 15 is 0 Å². The van der Waals surface area contributed by atoms with Crippen LogP contribution in [0.5, 0.6) is 0 Å². The molecule has 1 aromatic carbocycles. The van der Waals surface area contributed by atoms with E-state index in [0.29, 0.717) is 0 Å². The van der Waals surface area contributed by atoms with Gasteiger partial charge in [0.15, 0.2) is 0 Å². The van der Waals surface area contributed by atoms with Crippen molar-refractivity contribution in [3.05, 3.63) is 47.1 Å². The minimum absolute atomic E-state index is 0.0502. The maximum absolute atomic E-state index is 13.6. The summed E-state index contributed by atoms with van der Waals surface area (Å²) >= 11 is 0.996. The monoisotopic (exact) mass is 301 g/mol. The fraction of sp³-hybridized carbons (Fsp3) is 0. The van der Waals surface area contributed by atoms with Gasteiger partial charge in [-0.05, 0) is 29.6 Å². The van der Waals surface area contributed by atoms with Crippen LogP contribution in [0.15, 0.2) is 39.9 Å². The number of hydrogen-bond acceptors (Lipinski definition) is 4. The molecule has 8 heteroatoms. The van der Waals surface area contributed by atoms with Gasteiger partial charge in [0.1, 0.15) is 10.0 Å². The predicted octanol–water partition coefficient (Wildman–Crippen LogP) is 2.39. The molecule has 0 atom stereocenters. The van der Waals surface area contributed by atoms with Crippen molar-refractivity contribution in [1.82, 2.24) is 0 Å². The Bertz CT molecular complexity index is 710. The van der Waals surface area contributed by atoms with Crippen molar-refractivity contribution in [3.8, 4) is 0 Å².